The van der Waals surface area contributed by atoms with Crippen molar-refractivity contribution in [2.45, 2.75) is 9.79 Å². The molecule has 4 N–H and O–H groups in total. The number of carbonyl (C=O) groups is 1. The van der Waals surface area contributed by atoms with E-state index >= 15 is 0 Å². The molecule has 1 rings (SSSR count). The normalized spacial score (nSPS) is 11.7. The van der Waals surface area contributed by atoms with Crippen molar-refractivity contribution >= 4 is 33.4 Å². The van der Waals surface area contributed by atoms with Crippen molar-refractivity contribution in [3.63, 3.8) is 0 Å². The van der Waals surface area contributed by atoms with Crippen molar-refractivity contribution in [1.82, 2.24) is 4.31 Å². The summed E-state index contributed by atoms with van der Waals surface area (Å²) in [5, 5.41) is 0. The van der Waals surface area contributed by atoms with Gasteiger partial charge in [0, 0.05) is 24.7 Å². The molecule has 0 aliphatic carbocycles. The lowest BCUT2D eigenvalue weighted by molar-refractivity contribution is -0.115. The number of amides is 1. The van der Waals surface area contributed by atoms with Crippen LogP contribution >= 0.6 is 11.8 Å². The van der Waals surface area contributed by atoms with E-state index < -0.39 is 15.9 Å². The molecule has 100 valence electrons. The Morgan fingerprint density at radius 2 is 2.00 bits per heavy atom. The highest BCUT2D eigenvalue weighted by Crippen LogP contribution is 2.28. The van der Waals surface area contributed by atoms with Gasteiger partial charge in [-0.15, -0.1) is 11.8 Å². The van der Waals surface area contributed by atoms with E-state index in [4.69, 9.17) is 11.5 Å². The topological polar surface area (TPSA) is 106 Å². The van der Waals surface area contributed by atoms with Gasteiger partial charge in [-0.1, -0.05) is 0 Å². The molecule has 0 aromatic heterocycles. The fraction of sp³-hybridized carbons (Fsp3) is 0.300. The number of anilines is 1. The third kappa shape index (κ3) is 3.37. The van der Waals surface area contributed by atoms with Crippen LogP contribution in [0.3, 0.4) is 0 Å². The van der Waals surface area contributed by atoms with Gasteiger partial charge in [0.05, 0.1) is 10.6 Å². The predicted molar refractivity (Wildman–Crippen MR) is 71.6 cm³/mol. The average molecular weight is 289 g/mol. The van der Waals surface area contributed by atoms with E-state index in [9.17, 15) is 13.2 Å². The molecule has 0 radical (unpaired) electrons. The van der Waals surface area contributed by atoms with E-state index in [1.807, 2.05) is 0 Å². The zero-order chi connectivity index (χ0) is 13.9. The van der Waals surface area contributed by atoms with Crippen LogP contribution in [0, 0.1) is 0 Å². The summed E-state index contributed by atoms with van der Waals surface area (Å²) in [6.45, 7) is 0. The minimum atomic E-state index is -3.51. The summed E-state index contributed by atoms with van der Waals surface area (Å²) < 4.78 is 24.9. The van der Waals surface area contributed by atoms with E-state index in [0.29, 0.717) is 10.6 Å². The minimum Gasteiger partial charge on any atom is -0.398 e. The van der Waals surface area contributed by atoms with Crippen LogP contribution in [-0.2, 0) is 14.8 Å². The van der Waals surface area contributed by atoms with Crippen LogP contribution in [0.4, 0.5) is 5.69 Å². The zero-order valence-corrected chi connectivity index (χ0v) is 11.7. The summed E-state index contributed by atoms with van der Waals surface area (Å²) in [4.78, 5) is 11.4. The third-order valence-corrected chi connectivity index (χ3v) is 5.04. The highest BCUT2D eigenvalue weighted by Gasteiger charge is 2.18. The molecular weight excluding hydrogens is 274 g/mol. The number of nitrogens with two attached hydrogens (primary N) is 2. The van der Waals surface area contributed by atoms with Gasteiger partial charge >= 0.3 is 0 Å². The molecule has 0 fully saturated rings. The van der Waals surface area contributed by atoms with Gasteiger partial charge in [0.25, 0.3) is 0 Å². The predicted octanol–water partition coefficient (Wildman–Crippen LogP) is 0.0965. The first-order valence-corrected chi connectivity index (χ1v) is 7.41. The Morgan fingerprint density at radius 1 is 1.39 bits per heavy atom. The van der Waals surface area contributed by atoms with Crippen molar-refractivity contribution < 1.29 is 13.2 Å². The van der Waals surface area contributed by atoms with Crippen LogP contribution in [0.2, 0.25) is 0 Å². The van der Waals surface area contributed by atoms with Gasteiger partial charge < -0.3 is 11.5 Å². The van der Waals surface area contributed by atoms with Gasteiger partial charge in [-0.25, -0.2) is 12.7 Å². The second kappa shape index (κ2) is 5.59. The van der Waals surface area contributed by atoms with Gasteiger partial charge in [-0.2, -0.15) is 0 Å². The quantitative estimate of drug-likeness (QED) is 0.590. The number of hydrogen-bond acceptors (Lipinski definition) is 5. The van der Waals surface area contributed by atoms with Gasteiger partial charge in [-0.05, 0) is 18.2 Å². The van der Waals surface area contributed by atoms with Gasteiger partial charge in [-0.3, -0.25) is 4.79 Å². The summed E-state index contributed by atoms with van der Waals surface area (Å²) >= 11 is 1.11. The summed E-state index contributed by atoms with van der Waals surface area (Å²) in [6, 6.07) is 4.37. The molecule has 0 unspecified atom stereocenters. The van der Waals surface area contributed by atoms with Gasteiger partial charge in [0.15, 0.2) is 0 Å². The summed E-state index contributed by atoms with van der Waals surface area (Å²) in [5.41, 5.74) is 11.2. The monoisotopic (exact) mass is 289 g/mol. The second-order valence-electron chi connectivity index (χ2n) is 3.74. The van der Waals surface area contributed by atoms with Crippen molar-refractivity contribution in [1.29, 1.82) is 0 Å². The van der Waals surface area contributed by atoms with Crippen LogP contribution in [-0.4, -0.2) is 38.5 Å². The van der Waals surface area contributed by atoms with Gasteiger partial charge in [0.2, 0.25) is 15.9 Å². The largest absolute Gasteiger partial charge is 0.398 e. The molecular formula is C10H15N3O3S2. The summed E-state index contributed by atoms with van der Waals surface area (Å²) in [5.74, 6) is -0.435. The standard InChI is InChI=1S/C10H15N3O3S2/c1-13(2)18(15,16)7-3-4-8(11)9(5-7)17-6-10(12)14/h3-5H,6,11H2,1-2H3,(H2,12,14). The molecule has 0 saturated carbocycles. The van der Waals surface area contributed by atoms with E-state index in [2.05, 4.69) is 0 Å². The third-order valence-electron chi connectivity index (χ3n) is 2.13. The highest BCUT2D eigenvalue weighted by atomic mass is 32.2. The molecule has 0 heterocycles. The Bertz CT molecular complexity index is 555. The molecule has 1 aromatic rings. The van der Waals surface area contributed by atoms with Crippen LogP contribution in [0.1, 0.15) is 0 Å². The van der Waals surface area contributed by atoms with Crippen molar-refractivity contribution in [2.75, 3.05) is 25.6 Å². The molecule has 0 aliphatic rings. The Balaban J connectivity index is 3.12. The van der Waals surface area contributed by atoms with E-state index in [-0.39, 0.29) is 10.6 Å². The smallest absolute Gasteiger partial charge is 0.242 e. The van der Waals surface area contributed by atoms with Crippen LogP contribution < -0.4 is 11.5 Å². The van der Waals surface area contributed by atoms with E-state index in [0.717, 1.165) is 16.1 Å². The maximum absolute atomic E-state index is 11.9. The fourth-order valence-corrected chi connectivity index (χ4v) is 2.91. The molecule has 8 heteroatoms. The average Bonchev–Trinajstić information content (AvgIpc) is 2.27. The second-order valence-corrected chi connectivity index (χ2v) is 6.91. The molecule has 6 nitrogen and oxygen atoms in total. The summed E-state index contributed by atoms with van der Waals surface area (Å²) in [6.07, 6.45) is 0. The maximum atomic E-state index is 11.9. The Hall–Kier alpha value is -1.25. The lowest BCUT2D eigenvalue weighted by atomic mass is 10.3. The lowest BCUT2D eigenvalue weighted by Gasteiger charge is -2.13. The fourth-order valence-electron chi connectivity index (χ4n) is 1.16. The number of nitrogens with zero attached hydrogens (tertiary/aromatic N) is 1. The Labute approximate surface area is 110 Å². The number of sulfonamides is 1. The molecule has 0 atom stereocenters. The first-order valence-electron chi connectivity index (χ1n) is 4.98. The van der Waals surface area contributed by atoms with Crippen molar-refractivity contribution in [3.05, 3.63) is 18.2 Å². The molecule has 0 spiro atoms. The van der Waals surface area contributed by atoms with Crippen LogP contribution in [0.25, 0.3) is 0 Å². The van der Waals surface area contributed by atoms with E-state index in [1.54, 1.807) is 0 Å². The van der Waals surface area contributed by atoms with Crippen LogP contribution in [0.15, 0.2) is 28.0 Å². The first-order chi connectivity index (χ1) is 8.25. The maximum Gasteiger partial charge on any atom is 0.242 e. The minimum absolute atomic E-state index is 0.0513. The summed E-state index contributed by atoms with van der Waals surface area (Å²) in [7, 11) is -0.614. The highest BCUT2D eigenvalue weighted by molar-refractivity contribution is 8.00. The molecule has 18 heavy (non-hydrogen) atoms. The number of hydrogen-bond donors (Lipinski definition) is 2. The number of carbonyl (C=O) groups excluding carboxylic acids is 1. The molecule has 1 aromatic carbocycles. The lowest BCUT2D eigenvalue weighted by Crippen LogP contribution is -2.22. The first kappa shape index (κ1) is 14.8. The van der Waals surface area contributed by atoms with Crippen molar-refractivity contribution in [2.24, 2.45) is 5.73 Å². The van der Waals surface area contributed by atoms with E-state index in [1.165, 1.54) is 32.3 Å². The molecule has 0 aliphatic heterocycles. The van der Waals surface area contributed by atoms with Crippen LogP contribution in [0.5, 0.6) is 0 Å². The molecule has 1 amide bonds. The number of nitrogen functional groups attached to an aromatic ring is 1. The van der Waals surface area contributed by atoms with Crippen molar-refractivity contribution in [3.8, 4) is 0 Å². The zero-order valence-electron chi connectivity index (χ0n) is 10.1. The number of rotatable bonds is 5. The Kier molecular flexibility index (Phi) is 4.60. The SMILES string of the molecule is CN(C)S(=O)(=O)c1ccc(N)c(SCC(N)=O)c1. The Morgan fingerprint density at radius 3 is 2.50 bits per heavy atom. The molecule has 0 bridgehead atoms. The number of benzene rings is 1. The molecule has 0 saturated heterocycles. The number of thioether (sulfide) groups is 1. The number of primary amides is 1. The van der Waals surface area contributed by atoms with Gasteiger partial charge in [0.1, 0.15) is 0 Å².